The van der Waals surface area contributed by atoms with Crippen LogP contribution in [0.15, 0.2) is 40.6 Å². The van der Waals surface area contributed by atoms with Crippen LogP contribution in [0.1, 0.15) is 17.7 Å². The minimum Gasteiger partial charge on any atom is -0.486 e. The van der Waals surface area contributed by atoms with Crippen molar-refractivity contribution in [2.24, 2.45) is 0 Å². The molecule has 1 amide bonds. The van der Waals surface area contributed by atoms with Crippen LogP contribution >= 0.6 is 11.3 Å². The fraction of sp³-hybridized carbons (Fsp3) is 0.500. The van der Waals surface area contributed by atoms with Gasteiger partial charge in [-0.25, -0.2) is 8.42 Å². The minimum absolute atomic E-state index is 0.0839. The van der Waals surface area contributed by atoms with Crippen molar-refractivity contribution >= 4 is 27.3 Å². The monoisotopic (exact) mass is 477 g/mol. The van der Waals surface area contributed by atoms with Crippen molar-refractivity contribution in [1.82, 2.24) is 14.1 Å². The van der Waals surface area contributed by atoms with E-state index in [2.05, 4.69) is 22.4 Å². The Bertz CT molecular complexity index is 1070. The third-order valence-corrected chi connectivity index (χ3v) is 9.02. The largest absolute Gasteiger partial charge is 0.486 e. The minimum atomic E-state index is -3.81. The molecule has 2 fully saturated rings. The second kappa shape index (κ2) is 9.01. The first-order chi connectivity index (χ1) is 15.5. The lowest BCUT2D eigenvalue weighted by Gasteiger charge is -2.37. The highest BCUT2D eigenvalue weighted by Crippen LogP contribution is 2.35. The van der Waals surface area contributed by atoms with Gasteiger partial charge < -0.3 is 14.4 Å². The normalized spacial score (nSPS) is 22.2. The van der Waals surface area contributed by atoms with Crippen LogP contribution in [-0.2, 0) is 21.4 Å². The van der Waals surface area contributed by atoms with Crippen molar-refractivity contribution in [1.29, 1.82) is 0 Å². The Labute approximate surface area is 192 Å². The zero-order valence-corrected chi connectivity index (χ0v) is 19.4. The van der Waals surface area contributed by atoms with Crippen molar-refractivity contribution < 1.29 is 22.7 Å². The molecule has 172 valence electrons. The number of carbonyl (C=O) groups is 1. The fourth-order valence-corrected chi connectivity index (χ4v) is 6.97. The summed E-state index contributed by atoms with van der Waals surface area (Å²) in [6, 6.07) is 8.20. The van der Waals surface area contributed by atoms with Gasteiger partial charge in [0, 0.05) is 50.2 Å². The molecule has 5 rings (SSSR count). The number of benzene rings is 1. The molecule has 3 aliphatic heterocycles. The summed E-state index contributed by atoms with van der Waals surface area (Å²) in [6.45, 7) is 4.93. The van der Waals surface area contributed by atoms with Crippen LogP contribution in [0, 0.1) is 0 Å². The fourth-order valence-electron chi connectivity index (χ4n) is 4.55. The maximum atomic E-state index is 13.4. The molecule has 4 heterocycles. The molecule has 1 unspecified atom stereocenters. The first-order valence-electron chi connectivity index (χ1n) is 11.0. The van der Waals surface area contributed by atoms with Crippen LogP contribution in [0.25, 0.3) is 0 Å². The van der Waals surface area contributed by atoms with Crippen LogP contribution in [0.3, 0.4) is 0 Å². The molecule has 0 saturated carbocycles. The number of thiophene rings is 1. The molecule has 32 heavy (non-hydrogen) atoms. The Morgan fingerprint density at radius 1 is 1.03 bits per heavy atom. The van der Waals surface area contributed by atoms with Gasteiger partial charge in [0.1, 0.15) is 19.3 Å². The summed E-state index contributed by atoms with van der Waals surface area (Å²) in [6.07, 6.45) is 1.23. The van der Waals surface area contributed by atoms with Crippen LogP contribution < -0.4 is 9.47 Å². The van der Waals surface area contributed by atoms with E-state index in [1.165, 1.54) is 21.3 Å². The number of nitrogens with zero attached hydrogens (tertiary/aromatic N) is 3. The topological polar surface area (TPSA) is 79.4 Å². The van der Waals surface area contributed by atoms with Gasteiger partial charge in [0.2, 0.25) is 15.9 Å². The van der Waals surface area contributed by atoms with Crippen molar-refractivity contribution in [2.75, 3.05) is 45.9 Å². The predicted octanol–water partition coefficient (Wildman–Crippen LogP) is 2.02. The Morgan fingerprint density at radius 2 is 1.81 bits per heavy atom. The number of amides is 1. The van der Waals surface area contributed by atoms with E-state index < -0.39 is 16.1 Å². The van der Waals surface area contributed by atoms with E-state index in [1.54, 1.807) is 17.4 Å². The van der Waals surface area contributed by atoms with E-state index in [1.807, 2.05) is 4.90 Å². The molecule has 0 bridgehead atoms. The third kappa shape index (κ3) is 4.24. The van der Waals surface area contributed by atoms with Gasteiger partial charge in [-0.05, 0) is 36.4 Å². The molecule has 1 aromatic carbocycles. The van der Waals surface area contributed by atoms with E-state index in [-0.39, 0.29) is 10.8 Å². The number of hydrogen-bond donors (Lipinski definition) is 0. The van der Waals surface area contributed by atoms with Crippen LogP contribution in [0.5, 0.6) is 11.5 Å². The second-order valence-electron chi connectivity index (χ2n) is 8.26. The van der Waals surface area contributed by atoms with E-state index in [0.29, 0.717) is 57.2 Å². The number of fused-ring (bicyclic) bond motifs is 1. The highest BCUT2D eigenvalue weighted by Gasteiger charge is 2.42. The van der Waals surface area contributed by atoms with E-state index in [0.717, 1.165) is 19.6 Å². The molecule has 0 N–H and O–H groups in total. The predicted molar refractivity (Wildman–Crippen MR) is 121 cm³/mol. The molecule has 8 nitrogen and oxygen atoms in total. The lowest BCUT2D eigenvalue weighted by atomic mass is 10.2. The quantitative estimate of drug-likeness (QED) is 0.656. The molecule has 3 aliphatic rings. The smallest absolute Gasteiger partial charge is 0.243 e. The molecule has 1 atom stereocenters. The van der Waals surface area contributed by atoms with Crippen molar-refractivity contribution in [3.63, 3.8) is 0 Å². The summed E-state index contributed by atoms with van der Waals surface area (Å²) in [5.74, 6) is 0.894. The molecule has 0 radical (unpaired) electrons. The first kappa shape index (κ1) is 21.7. The molecule has 2 saturated heterocycles. The number of hydrogen-bond acceptors (Lipinski definition) is 7. The van der Waals surface area contributed by atoms with Gasteiger partial charge in [0.25, 0.3) is 0 Å². The van der Waals surface area contributed by atoms with E-state index in [4.69, 9.17) is 9.47 Å². The number of piperazine rings is 1. The van der Waals surface area contributed by atoms with Crippen LogP contribution in [-0.4, -0.2) is 80.4 Å². The summed E-state index contributed by atoms with van der Waals surface area (Å²) in [5, 5.41) is 2.08. The molecule has 10 heteroatoms. The van der Waals surface area contributed by atoms with Crippen molar-refractivity contribution in [2.45, 2.75) is 30.3 Å². The molecular weight excluding hydrogens is 450 g/mol. The van der Waals surface area contributed by atoms with Gasteiger partial charge in [-0.3, -0.25) is 9.69 Å². The standard InChI is InChI=1S/C22H27N3O5S2/c26-22(24-10-8-23(9-11-24)16-17-3-2-14-31-17)19-4-1-7-25(19)32(27,28)18-5-6-20-21(15-18)30-13-12-29-20/h2-3,5-6,14-15,19H,1,4,7-13,16H2. The summed E-state index contributed by atoms with van der Waals surface area (Å²) in [7, 11) is -3.81. The van der Waals surface area contributed by atoms with Crippen LogP contribution in [0.2, 0.25) is 0 Å². The Kier molecular flexibility index (Phi) is 6.11. The zero-order chi connectivity index (χ0) is 22.1. The average molecular weight is 478 g/mol. The van der Waals surface area contributed by atoms with Crippen molar-refractivity contribution in [3.8, 4) is 11.5 Å². The second-order valence-corrected chi connectivity index (χ2v) is 11.2. The highest BCUT2D eigenvalue weighted by molar-refractivity contribution is 7.89. The van der Waals surface area contributed by atoms with Gasteiger partial charge in [0.15, 0.2) is 11.5 Å². The number of sulfonamides is 1. The molecule has 0 spiro atoms. The molecule has 0 aliphatic carbocycles. The molecule has 2 aromatic rings. The number of rotatable bonds is 5. The first-order valence-corrected chi connectivity index (χ1v) is 13.3. The summed E-state index contributed by atoms with van der Waals surface area (Å²) in [5.41, 5.74) is 0. The summed E-state index contributed by atoms with van der Waals surface area (Å²) >= 11 is 1.74. The molecular formula is C22H27N3O5S2. The van der Waals surface area contributed by atoms with Gasteiger partial charge >= 0.3 is 0 Å². The lowest BCUT2D eigenvalue weighted by Crippen LogP contribution is -2.54. The maximum absolute atomic E-state index is 13.4. The summed E-state index contributed by atoms with van der Waals surface area (Å²) in [4.78, 5) is 18.9. The van der Waals surface area contributed by atoms with Gasteiger partial charge in [0.05, 0.1) is 4.90 Å². The lowest BCUT2D eigenvalue weighted by molar-refractivity contribution is -0.136. The molecule has 1 aromatic heterocycles. The number of carbonyl (C=O) groups excluding carboxylic acids is 1. The van der Waals surface area contributed by atoms with Gasteiger partial charge in [-0.1, -0.05) is 6.07 Å². The SMILES string of the molecule is O=C(C1CCCN1S(=O)(=O)c1ccc2c(c1)OCCO2)N1CCN(Cc2cccs2)CC1. The van der Waals surface area contributed by atoms with Gasteiger partial charge in [-0.2, -0.15) is 4.31 Å². The van der Waals surface area contributed by atoms with E-state index in [9.17, 15) is 13.2 Å². The Hall–Kier alpha value is -2.14. The summed E-state index contributed by atoms with van der Waals surface area (Å²) < 4.78 is 39.2. The van der Waals surface area contributed by atoms with Crippen molar-refractivity contribution in [3.05, 3.63) is 40.6 Å². The maximum Gasteiger partial charge on any atom is 0.243 e. The number of ether oxygens (including phenoxy) is 2. The third-order valence-electron chi connectivity index (χ3n) is 6.25. The zero-order valence-electron chi connectivity index (χ0n) is 17.8. The average Bonchev–Trinajstić information content (AvgIpc) is 3.51. The van der Waals surface area contributed by atoms with Gasteiger partial charge in [-0.15, -0.1) is 11.3 Å². The Morgan fingerprint density at radius 3 is 2.56 bits per heavy atom. The van der Waals surface area contributed by atoms with Crippen LogP contribution in [0.4, 0.5) is 0 Å². The van der Waals surface area contributed by atoms with E-state index >= 15 is 0 Å². The Balaban J connectivity index is 1.26. The highest BCUT2D eigenvalue weighted by atomic mass is 32.2.